The molecule has 2 heterocycles. The van der Waals surface area contributed by atoms with E-state index in [2.05, 4.69) is 42.2 Å². The van der Waals surface area contributed by atoms with Crippen molar-refractivity contribution >= 4 is 86.6 Å². The predicted molar refractivity (Wildman–Crippen MR) is 297 cm³/mol. The summed E-state index contributed by atoms with van der Waals surface area (Å²) in [5, 5.41) is 19.2. The molecule has 23 nitrogen and oxygen atoms in total. The first-order valence-corrected chi connectivity index (χ1v) is 28.9. The van der Waals surface area contributed by atoms with E-state index in [0.29, 0.717) is 31.2 Å². The third kappa shape index (κ3) is 18.9. The number of nitrogens with one attached hydrogen (secondary N) is 7. The van der Waals surface area contributed by atoms with Crippen molar-refractivity contribution in [3.05, 3.63) is 71.8 Å². The van der Waals surface area contributed by atoms with E-state index in [0.717, 1.165) is 24.8 Å². The van der Waals surface area contributed by atoms with Crippen LogP contribution < -0.4 is 60.2 Å². The minimum atomic E-state index is -1.65. The Morgan fingerprint density at radius 3 is 1.92 bits per heavy atom. The van der Waals surface area contributed by atoms with Crippen LogP contribution in [0.4, 0.5) is 0 Å². The molecular formula is C53H77N13O10S2. The van der Waals surface area contributed by atoms with E-state index in [1.165, 1.54) is 33.4 Å². The highest BCUT2D eigenvalue weighted by Crippen LogP contribution is 2.48. The van der Waals surface area contributed by atoms with Crippen molar-refractivity contribution in [3.63, 3.8) is 0 Å². The number of rotatable bonds is 18. The van der Waals surface area contributed by atoms with Gasteiger partial charge in [0.05, 0.1) is 6.42 Å². The van der Waals surface area contributed by atoms with Gasteiger partial charge >= 0.3 is 0 Å². The summed E-state index contributed by atoms with van der Waals surface area (Å²) < 4.78 is -0.693. The van der Waals surface area contributed by atoms with Gasteiger partial charge < -0.3 is 65.1 Å². The fraction of sp³-hybridized carbons (Fsp3) is 0.566. The van der Waals surface area contributed by atoms with Gasteiger partial charge in [-0.2, -0.15) is 0 Å². The van der Waals surface area contributed by atoms with E-state index in [1.54, 1.807) is 44.2 Å². The molecule has 0 radical (unpaired) electrons. The van der Waals surface area contributed by atoms with Crippen LogP contribution in [0.2, 0.25) is 0 Å². The van der Waals surface area contributed by atoms with Crippen molar-refractivity contribution in [2.75, 3.05) is 18.8 Å². The summed E-state index contributed by atoms with van der Waals surface area (Å²) in [7, 11) is 2.61. The molecule has 1 aliphatic carbocycles. The van der Waals surface area contributed by atoms with E-state index in [-0.39, 0.29) is 63.3 Å². The number of guanidine groups is 1. The van der Waals surface area contributed by atoms with Gasteiger partial charge in [0.15, 0.2) is 5.96 Å². The summed E-state index contributed by atoms with van der Waals surface area (Å²) >= 11 is 0. The summed E-state index contributed by atoms with van der Waals surface area (Å²) in [6.45, 7) is 5.08. The molecule has 25 heteroatoms. The molecule has 5 rings (SSSR count). The predicted octanol–water partition coefficient (Wildman–Crippen LogP) is -0.175. The fourth-order valence-corrected chi connectivity index (χ4v) is 13.0. The molecule has 9 atom stereocenters. The topological polar surface area (TPSA) is 375 Å². The van der Waals surface area contributed by atoms with E-state index < -0.39 is 124 Å². The molecule has 78 heavy (non-hydrogen) atoms. The fourth-order valence-electron chi connectivity index (χ4n) is 9.64. The Morgan fingerprint density at radius 2 is 1.33 bits per heavy atom. The van der Waals surface area contributed by atoms with Gasteiger partial charge in [-0.3, -0.25) is 52.9 Å². The van der Waals surface area contributed by atoms with E-state index in [9.17, 15) is 47.9 Å². The van der Waals surface area contributed by atoms with E-state index >= 15 is 0 Å². The van der Waals surface area contributed by atoms with Gasteiger partial charge in [0.25, 0.3) is 0 Å². The standard InChI is InChI=1S/C53H77N13O10S2/c1-4-31(2)43-50(75)63-38(28-41(54)67)47(72)64-39(51(76)66-25-15-21-40(66)49(74)61-35(20-14-24-58-52(56)57)45(70)59-32(3)44(55)69)30-77-78-53(22-12-7-13-23-53)29-42(68)60-36(26-33-16-8-5-9-17-33)46(71)62-37(48(73)65-43)27-34-18-10-6-11-19-34/h5-6,8-11,16-19,31-32,35-40,43H,4,7,12-15,20-30H2,1-3H3,(H2,54,67)(H2,55,69)(H,59,70)(H,60,68)(H,61,74)(H,62,71)(H,63,75)(H,64,72)(H,65,73)(H4,56,57,58)/t31-,32-,35-,36+,37-,38-,39-,40-,43-/m0/s1. The minimum Gasteiger partial charge on any atom is -0.370 e. The number of carbonyl (C=O) groups excluding carboxylic acids is 10. The van der Waals surface area contributed by atoms with Gasteiger partial charge in [-0.1, -0.05) is 122 Å². The maximum Gasteiger partial charge on any atom is 0.246 e. The zero-order valence-corrected chi connectivity index (χ0v) is 46.2. The van der Waals surface area contributed by atoms with Gasteiger partial charge in [0.1, 0.15) is 48.3 Å². The SMILES string of the molecule is CC[C@H](C)[C@@H]1NC(=O)[C@H](Cc2ccccc2)NC(=O)[C@@H](Cc2ccccc2)NC(=O)CC2(CCCCC2)SSC[C@@H](C(=O)N2CCC[C@H]2C(=O)N[C@@H](CCCN=C(N)N)C(=O)N[C@@H](C)C(N)=O)NC(=O)[C@H](CC(N)=O)NC1=O. The third-order valence-electron chi connectivity index (χ3n) is 14.2. The molecule has 10 amide bonds. The Hall–Kier alpha value is -6.89. The summed E-state index contributed by atoms with van der Waals surface area (Å²) in [6.07, 6.45) is 4.27. The quantitative estimate of drug-likeness (QED) is 0.0400. The molecular weight excluding hydrogens is 1040 g/mol. The van der Waals surface area contributed by atoms with Gasteiger partial charge in [-0.25, -0.2) is 0 Å². The van der Waals surface area contributed by atoms with Crippen molar-refractivity contribution in [2.45, 2.75) is 164 Å². The number of carbonyl (C=O) groups is 10. The van der Waals surface area contributed by atoms with Gasteiger partial charge in [0, 0.05) is 42.9 Å². The minimum absolute atomic E-state index is 0.00470. The molecule has 2 aromatic rings. The molecule has 426 valence electrons. The number of aliphatic imine (C=N–C) groups is 1. The average Bonchev–Trinajstić information content (AvgIpc) is 3.91. The van der Waals surface area contributed by atoms with Crippen LogP contribution in [-0.2, 0) is 60.8 Å². The van der Waals surface area contributed by atoms with Crippen molar-refractivity contribution in [1.82, 2.24) is 42.1 Å². The van der Waals surface area contributed by atoms with Crippen molar-refractivity contribution in [3.8, 4) is 0 Å². The van der Waals surface area contributed by atoms with Crippen LogP contribution in [0.3, 0.4) is 0 Å². The van der Waals surface area contributed by atoms with Crippen LogP contribution >= 0.6 is 21.6 Å². The number of nitrogens with zero attached hydrogens (tertiary/aromatic N) is 2. The van der Waals surface area contributed by atoms with Crippen molar-refractivity contribution < 1.29 is 47.9 Å². The molecule has 0 aromatic heterocycles. The molecule has 2 aromatic carbocycles. The van der Waals surface area contributed by atoms with Crippen LogP contribution in [0.5, 0.6) is 0 Å². The van der Waals surface area contributed by atoms with Crippen LogP contribution in [0.15, 0.2) is 65.7 Å². The van der Waals surface area contributed by atoms with Crippen LogP contribution in [0.25, 0.3) is 0 Å². The van der Waals surface area contributed by atoms with Crippen LogP contribution in [0, 0.1) is 5.92 Å². The number of benzene rings is 2. The summed E-state index contributed by atoms with van der Waals surface area (Å²) in [5.74, 6) is -8.29. The van der Waals surface area contributed by atoms with Gasteiger partial charge in [-0.15, -0.1) is 0 Å². The van der Waals surface area contributed by atoms with Crippen molar-refractivity contribution in [1.29, 1.82) is 0 Å². The largest absolute Gasteiger partial charge is 0.370 e. The summed E-state index contributed by atoms with van der Waals surface area (Å²) in [4.78, 5) is 145. The molecule has 15 N–H and O–H groups in total. The molecule has 3 fully saturated rings. The summed E-state index contributed by atoms with van der Waals surface area (Å²) in [6, 6.07) is 7.91. The Bertz CT molecular complexity index is 2460. The molecule has 1 saturated carbocycles. The molecule has 0 bridgehead atoms. The molecule has 1 spiro atoms. The first-order chi connectivity index (χ1) is 37.2. The zero-order valence-electron chi connectivity index (χ0n) is 44.6. The highest BCUT2D eigenvalue weighted by Gasteiger charge is 2.43. The molecule has 0 unspecified atom stereocenters. The molecule has 3 aliphatic rings. The molecule has 2 aliphatic heterocycles. The maximum atomic E-state index is 15.0. The van der Waals surface area contributed by atoms with Gasteiger partial charge in [0.2, 0.25) is 59.1 Å². The first-order valence-electron chi connectivity index (χ1n) is 26.6. The number of likely N-dealkylation sites (tertiary alicyclic amines) is 1. The van der Waals surface area contributed by atoms with E-state index in [4.69, 9.17) is 22.9 Å². The Kier molecular flexibility index (Phi) is 24.1. The number of nitrogens with two attached hydrogens (primary N) is 4. The molecule has 2 saturated heterocycles. The van der Waals surface area contributed by atoms with Crippen LogP contribution in [0.1, 0.15) is 109 Å². The first kappa shape index (κ1) is 62.0. The maximum absolute atomic E-state index is 15.0. The number of hydrogen-bond acceptors (Lipinski definition) is 13. The van der Waals surface area contributed by atoms with Crippen molar-refractivity contribution in [2.24, 2.45) is 33.8 Å². The number of primary amides is 2. The third-order valence-corrected chi connectivity index (χ3v) is 17.5. The lowest BCUT2D eigenvalue weighted by Crippen LogP contribution is -2.62. The Balaban J connectivity index is 1.52. The lowest BCUT2D eigenvalue weighted by Gasteiger charge is -2.37. The second-order valence-electron chi connectivity index (χ2n) is 20.3. The number of hydrogen-bond donors (Lipinski definition) is 11. The lowest BCUT2D eigenvalue weighted by molar-refractivity contribution is -0.142. The van der Waals surface area contributed by atoms with Crippen LogP contribution in [-0.4, -0.2) is 142 Å². The summed E-state index contributed by atoms with van der Waals surface area (Å²) in [5.41, 5.74) is 23.5. The van der Waals surface area contributed by atoms with Gasteiger partial charge in [-0.05, 0) is 62.5 Å². The smallest absolute Gasteiger partial charge is 0.246 e. The zero-order chi connectivity index (χ0) is 56.9. The monoisotopic (exact) mass is 1120 g/mol. The highest BCUT2D eigenvalue weighted by atomic mass is 33.1. The Labute approximate surface area is 463 Å². The normalized spacial score (nSPS) is 23.8. The number of amides is 10. The Morgan fingerprint density at radius 1 is 0.744 bits per heavy atom. The second-order valence-corrected chi connectivity index (χ2v) is 23.2. The van der Waals surface area contributed by atoms with E-state index in [1.807, 2.05) is 30.3 Å². The second kappa shape index (κ2) is 30.3. The average molecular weight is 1120 g/mol. The highest BCUT2D eigenvalue weighted by molar-refractivity contribution is 8.77. The lowest BCUT2D eigenvalue weighted by atomic mass is 9.85.